The number of unbranched alkanes of at least 4 members (excludes halogenated alkanes) is 1. The molecule has 4 nitrogen and oxygen atoms in total. The number of para-hydroxylation sites is 1. The fraction of sp³-hybridized carbons (Fsp3) is 0.174. The Morgan fingerprint density at radius 2 is 1.70 bits per heavy atom. The van der Waals surface area contributed by atoms with Crippen LogP contribution in [-0.4, -0.2) is 16.0 Å². The first-order valence-electron chi connectivity index (χ1n) is 9.01. The molecule has 3 aromatic carbocycles. The molecule has 0 atom stereocenters. The molecule has 0 radical (unpaired) electrons. The number of benzene rings is 3. The Balaban J connectivity index is 1.77. The van der Waals surface area contributed by atoms with Crippen molar-refractivity contribution in [2.75, 3.05) is 0 Å². The Morgan fingerprint density at radius 3 is 2.41 bits per heavy atom. The van der Waals surface area contributed by atoms with Gasteiger partial charge in [0.1, 0.15) is 23.0 Å². The molecule has 0 aliphatic heterocycles. The van der Waals surface area contributed by atoms with Gasteiger partial charge in [0.2, 0.25) is 0 Å². The number of rotatable bonds is 7. The fourth-order valence-corrected chi connectivity index (χ4v) is 2.85. The highest BCUT2D eigenvalue weighted by Crippen LogP contribution is 2.28. The van der Waals surface area contributed by atoms with Gasteiger partial charge in [-0.15, -0.1) is 0 Å². The average Bonchev–Trinajstić information content (AvgIpc) is 2.67. The van der Waals surface area contributed by atoms with Crippen LogP contribution < -0.4 is 4.74 Å². The average molecular weight is 362 g/mol. The first-order valence-corrected chi connectivity index (χ1v) is 9.01. The summed E-state index contributed by atoms with van der Waals surface area (Å²) in [6.07, 6.45) is 3.18. The Labute approximate surface area is 158 Å². The molecule has 3 rings (SSSR count). The summed E-state index contributed by atoms with van der Waals surface area (Å²) in [7, 11) is 0. The lowest BCUT2D eigenvalue weighted by Gasteiger charge is -2.11. The topological polar surface area (TPSA) is 66.8 Å². The smallest absolute Gasteiger partial charge is 0.196 e. The van der Waals surface area contributed by atoms with Crippen molar-refractivity contribution < 1.29 is 19.7 Å². The number of hydrogen-bond acceptors (Lipinski definition) is 4. The molecule has 0 aromatic heterocycles. The maximum atomic E-state index is 12.5. The van der Waals surface area contributed by atoms with Gasteiger partial charge >= 0.3 is 0 Å². The van der Waals surface area contributed by atoms with Crippen molar-refractivity contribution in [3.63, 3.8) is 0 Å². The summed E-state index contributed by atoms with van der Waals surface area (Å²) in [5, 5.41) is 19.2. The van der Waals surface area contributed by atoms with E-state index in [2.05, 4.69) is 13.0 Å². The SMILES string of the molecule is CCCCc1ccccc1Oc1ccc(C(=O)c2ccc(O)cc2O)cc1. The number of aryl methyl sites for hydroxylation is 1. The molecule has 0 saturated heterocycles. The molecule has 0 bridgehead atoms. The van der Waals surface area contributed by atoms with Crippen LogP contribution in [0.25, 0.3) is 0 Å². The van der Waals surface area contributed by atoms with Gasteiger partial charge in [0.05, 0.1) is 5.56 Å². The predicted molar refractivity (Wildman–Crippen MR) is 105 cm³/mol. The highest BCUT2D eigenvalue weighted by Gasteiger charge is 2.14. The monoisotopic (exact) mass is 362 g/mol. The number of phenolic OH excluding ortho intramolecular Hbond substituents is 2. The Morgan fingerprint density at radius 1 is 0.963 bits per heavy atom. The molecular formula is C23H22O4. The molecule has 0 saturated carbocycles. The van der Waals surface area contributed by atoms with Gasteiger partial charge in [-0.05, 0) is 60.9 Å². The molecule has 0 fully saturated rings. The summed E-state index contributed by atoms with van der Waals surface area (Å²) < 4.78 is 5.99. The van der Waals surface area contributed by atoms with Crippen LogP contribution in [0.5, 0.6) is 23.0 Å². The van der Waals surface area contributed by atoms with E-state index in [1.165, 1.54) is 12.1 Å². The molecule has 3 aromatic rings. The number of carbonyl (C=O) groups is 1. The molecule has 138 valence electrons. The van der Waals surface area contributed by atoms with E-state index in [1.807, 2.05) is 18.2 Å². The van der Waals surface area contributed by atoms with E-state index in [0.717, 1.165) is 36.6 Å². The van der Waals surface area contributed by atoms with Gasteiger partial charge in [-0.3, -0.25) is 4.79 Å². The van der Waals surface area contributed by atoms with Gasteiger partial charge in [0, 0.05) is 11.6 Å². The van der Waals surface area contributed by atoms with Crippen LogP contribution >= 0.6 is 0 Å². The Kier molecular flexibility index (Phi) is 5.77. The number of hydrogen-bond donors (Lipinski definition) is 2. The number of ketones is 1. The Bertz CT molecular complexity index is 929. The second-order valence-corrected chi connectivity index (χ2v) is 6.37. The fourth-order valence-electron chi connectivity index (χ4n) is 2.85. The van der Waals surface area contributed by atoms with Crippen LogP contribution in [0.1, 0.15) is 41.3 Å². The van der Waals surface area contributed by atoms with E-state index in [4.69, 9.17) is 4.74 Å². The van der Waals surface area contributed by atoms with Crippen molar-refractivity contribution in [3.8, 4) is 23.0 Å². The number of phenols is 2. The molecule has 0 unspecified atom stereocenters. The van der Waals surface area contributed by atoms with Crippen molar-refractivity contribution in [3.05, 3.63) is 83.4 Å². The maximum absolute atomic E-state index is 12.5. The summed E-state index contributed by atoms with van der Waals surface area (Å²) in [6, 6.07) is 18.7. The van der Waals surface area contributed by atoms with Gasteiger partial charge < -0.3 is 14.9 Å². The zero-order chi connectivity index (χ0) is 19.2. The minimum Gasteiger partial charge on any atom is -0.508 e. The van der Waals surface area contributed by atoms with E-state index < -0.39 is 0 Å². The van der Waals surface area contributed by atoms with Crippen molar-refractivity contribution in [2.45, 2.75) is 26.2 Å². The Hall–Kier alpha value is -3.27. The summed E-state index contributed by atoms with van der Waals surface area (Å²) in [5.74, 6) is 0.814. The predicted octanol–water partition coefficient (Wildman–Crippen LogP) is 5.46. The second-order valence-electron chi connectivity index (χ2n) is 6.37. The molecule has 0 amide bonds. The summed E-state index contributed by atoms with van der Waals surface area (Å²) in [4.78, 5) is 12.5. The van der Waals surface area contributed by atoms with E-state index in [0.29, 0.717) is 11.3 Å². The molecule has 4 heteroatoms. The minimum absolute atomic E-state index is 0.0884. The summed E-state index contributed by atoms with van der Waals surface area (Å²) in [6.45, 7) is 2.16. The molecule has 27 heavy (non-hydrogen) atoms. The van der Waals surface area contributed by atoms with Gasteiger partial charge in [-0.1, -0.05) is 31.5 Å². The lowest BCUT2D eigenvalue weighted by molar-refractivity contribution is 0.103. The highest BCUT2D eigenvalue weighted by molar-refractivity contribution is 6.10. The third-order valence-corrected chi connectivity index (χ3v) is 4.34. The molecule has 0 spiro atoms. The normalized spacial score (nSPS) is 10.6. The quantitative estimate of drug-likeness (QED) is 0.547. The van der Waals surface area contributed by atoms with Crippen LogP contribution in [0.3, 0.4) is 0 Å². The van der Waals surface area contributed by atoms with Gasteiger partial charge in [0.25, 0.3) is 0 Å². The molecule has 2 N–H and O–H groups in total. The second kappa shape index (κ2) is 8.41. The summed E-state index contributed by atoms with van der Waals surface area (Å²) in [5.41, 5.74) is 1.74. The summed E-state index contributed by atoms with van der Waals surface area (Å²) >= 11 is 0. The standard InChI is InChI=1S/C23H22O4/c1-2-3-6-16-7-4-5-8-22(16)27-19-12-9-17(10-13-19)23(26)20-14-11-18(24)15-21(20)25/h4-5,7-15,24-25H,2-3,6H2,1H3. The molecule has 0 aliphatic carbocycles. The minimum atomic E-state index is -0.317. The lowest BCUT2D eigenvalue weighted by atomic mass is 10.0. The van der Waals surface area contributed by atoms with Crippen LogP contribution in [-0.2, 0) is 6.42 Å². The van der Waals surface area contributed by atoms with E-state index in [1.54, 1.807) is 24.3 Å². The van der Waals surface area contributed by atoms with Gasteiger partial charge in [0.15, 0.2) is 5.78 Å². The number of ether oxygens (including phenoxy) is 1. The first-order chi connectivity index (χ1) is 13.1. The molecular weight excluding hydrogens is 340 g/mol. The third kappa shape index (κ3) is 4.47. The highest BCUT2D eigenvalue weighted by atomic mass is 16.5. The van der Waals surface area contributed by atoms with E-state index in [-0.39, 0.29) is 22.8 Å². The zero-order valence-corrected chi connectivity index (χ0v) is 15.2. The molecule has 0 aliphatic rings. The van der Waals surface area contributed by atoms with Crippen LogP contribution in [0.15, 0.2) is 66.7 Å². The largest absolute Gasteiger partial charge is 0.508 e. The third-order valence-electron chi connectivity index (χ3n) is 4.34. The van der Waals surface area contributed by atoms with Crippen molar-refractivity contribution in [1.29, 1.82) is 0 Å². The maximum Gasteiger partial charge on any atom is 0.196 e. The lowest BCUT2D eigenvalue weighted by Crippen LogP contribution is -2.01. The number of aromatic hydroxyl groups is 2. The molecule has 0 heterocycles. The van der Waals surface area contributed by atoms with Crippen LogP contribution in [0.4, 0.5) is 0 Å². The van der Waals surface area contributed by atoms with Gasteiger partial charge in [-0.25, -0.2) is 0 Å². The van der Waals surface area contributed by atoms with Gasteiger partial charge in [-0.2, -0.15) is 0 Å². The van der Waals surface area contributed by atoms with Crippen molar-refractivity contribution in [2.24, 2.45) is 0 Å². The number of carbonyl (C=O) groups excluding carboxylic acids is 1. The van der Waals surface area contributed by atoms with Crippen LogP contribution in [0, 0.1) is 0 Å². The van der Waals surface area contributed by atoms with Crippen molar-refractivity contribution in [1.82, 2.24) is 0 Å². The van der Waals surface area contributed by atoms with E-state index >= 15 is 0 Å². The first kappa shape index (κ1) is 18.5. The zero-order valence-electron chi connectivity index (χ0n) is 15.2. The van der Waals surface area contributed by atoms with Crippen LogP contribution in [0.2, 0.25) is 0 Å². The van der Waals surface area contributed by atoms with E-state index in [9.17, 15) is 15.0 Å². The van der Waals surface area contributed by atoms with Crippen molar-refractivity contribution >= 4 is 5.78 Å².